The van der Waals surface area contributed by atoms with Crippen molar-refractivity contribution >= 4 is 17.5 Å². The number of carbonyl (C=O) groups is 2. The summed E-state index contributed by atoms with van der Waals surface area (Å²) in [4.78, 5) is 24.3. The zero-order valence-corrected chi connectivity index (χ0v) is 17.9. The van der Waals surface area contributed by atoms with Gasteiger partial charge in [0.05, 0.1) is 5.69 Å². The molecule has 0 radical (unpaired) electrons. The number of anilines is 1. The molecule has 3 N–H and O–H groups in total. The molecule has 156 valence electrons. The normalized spacial score (nSPS) is 19.3. The number of rotatable bonds is 6. The zero-order chi connectivity index (χ0) is 21.1. The van der Waals surface area contributed by atoms with E-state index in [0.29, 0.717) is 25.2 Å². The smallest absolute Gasteiger partial charge is 0.224 e. The third-order valence-corrected chi connectivity index (χ3v) is 5.41. The predicted molar refractivity (Wildman–Crippen MR) is 114 cm³/mol. The number of nitrogens with zero attached hydrogens (tertiary/aromatic N) is 2. The molecule has 1 aliphatic heterocycles. The van der Waals surface area contributed by atoms with Gasteiger partial charge in [-0.1, -0.05) is 26.0 Å². The summed E-state index contributed by atoms with van der Waals surface area (Å²) in [5.74, 6) is 0.457. The second-order valence-corrected chi connectivity index (χ2v) is 8.16. The molecule has 1 aromatic heterocycles. The van der Waals surface area contributed by atoms with Crippen molar-refractivity contribution in [3.05, 3.63) is 46.8 Å². The van der Waals surface area contributed by atoms with Gasteiger partial charge in [-0.3, -0.25) is 14.9 Å². The van der Waals surface area contributed by atoms with Crippen LogP contribution in [0.5, 0.6) is 0 Å². The van der Waals surface area contributed by atoms with Crippen LogP contribution in [0, 0.1) is 13.8 Å². The molecule has 0 spiro atoms. The lowest BCUT2D eigenvalue weighted by Crippen LogP contribution is -2.52. The highest BCUT2D eigenvalue weighted by atomic mass is 16.2. The Hall–Kier alpha value is -2.67. The first-order chi connectivity index (χ1) is 13.7. The third-order valence-electron chi connectivity index (χ3n) is 5.41. The Bertz CT molecular complexity index is 885. The molecule has 2 heterocycles. The van der Waals surface area contributed by atoms with Crippen LogP contribution in [0.3, 0.4) is 0 Å². The first-order valence-corrected chi connectivity index (χ1v) is 10.2. The van der Waals surface area contributed by atoms with Crippen molar-refractivity contribution in [3.63, 3.8) is 0 Å². The van der Waals surface area contributed by atoms with Crippen LogP contribution in [0.25, 0.3) is 0 Å². The average Bonchev–Trinajstić information content (AvgIpc) is 2.93. The van der Waals surface area contributed by atoms with Crippen molar-refractivity contribution in [1.29, 1.82) is 0 Å². The van der Waals surface area contributed by atoms with Crippen molar-refractivity contribution in [1.82, 2.24) is 20.4 Å². The summed E-state index contributed by atoms with van der Waals surface area (Å²) in [6.07, 6.45) is 1.08. The van der Waals surface area contributed by atoms with Crippen LogP contribution in [-0.4, -0.2) is 27.6 Å². The summed E-state index contributed by atoms with van der Waals surface area (Å²) in [7, 11) is 0. The highest BCUT2D eigenvalue weighted by Crippen LogP contribution is 2.20. The van der Waals surface area contributed by atoms with Gasteiger partial charge < -0.3 is 10.6 Å². The quantitative estimate of drug-likeness (QED) is 0.699. The fourth-order valence-electron chi connectivity index (χ4n) is 3.71. The van der Waals surface area contributed by atoms with Crippen LogP contribution in [0.1, 0.15) is 68.3 Å². The number of amides is 2. The molecule has 1 saturated heterocycles. The van der Waals surface area contributed by atoms with E-state index in [1.54, 1.807) is 4.68 Å². The second kappa shape index (κ2) is 8.78. The van der Waals surface area contributed by atoms with Crippen LogP contribution < -0.4 is 16.0 Å². The molecular formula is C22H31N5O2. The van der Waals surface area contributed by atoms with E-state index in [-0.39, 0.29) is 24.1 Å². The summed E-state index contributed by atoms with van der Waals surface area (Å²) in [5.41, 5.74) is 4.95. The van der Waals surface area contributed by atoms with Crippen LogP contribution in [0.15, 0.2) is 24.3 Å². The fraction of sp³-hybridized carbons (Fsp3) is 0.500. The van der Waals surface area contributed by atoms with Crippen LogP contribution in [-0.2, 0) is 16.0 Å². The molecule has 0 saturated carbocycles. The molecule has 2 amide bonds. The van der Waals surface area contributed by atoms with Crippen molar-refractivity contribution in [3.8, 4) is 0 Å². The minimum absolute atomic E-state index is 0.0122. The van der Waals surface area contributed by atoms with Gasteiger partial charge in [0.1, 0.15) is 0 Å². The third kappa shape index (κ3) is 5.03. The number of nitrogens with one attached hydrogen (secondary N) is 3. The molecule has 3 rings (SSSR count). The molecule has 7 nitrogen and oxygen atoms in total. The van der Waals surface area contributed by atoms with E-state index in [2.05, 4.69) is 34.9 Å². The van der Waals surface area contributed by atoms with Crippen molar-refractivity contribution in [2.24, 2.45) is 0 Å². The van der Waals surface area contributed by atoms with E-state index in [0.717, 1.165) is 22.6 Å². The molecule has 0 bridgehead atoms. The standard InChI is InChI=1S/C22H31N5O2/c1-13(2)17-6-8-18(9-7-17)24-20(28)11-10-19-15(4)26-27(16(19)5)22-23-14(3)12-21(29)25-22/h6-9,13-14,22-23H,10-12H2,1-5H3,(H,24,28)(H,25,29). The lowest BCUT2D eigenvalue weighted by Gasteiger charge is -2.30. The highest BCUT2D eigenvalue weighted by molar-refractivity contribution is 5.90. The topological polar surface area (TPSA) is 88.1 Å². The summed E-state index contributed by atoms with van der Waals surface area (Å²) in [6, 6.07) is 8.07. The van der Waals surface area contributed by atoms with Crippen LogP contribution in [0.4, 0.5) is 5.69 Å². The Morgan fingerprint density at radius 3 is 2.59 bits per heavy atom. The molecule has 2 atom stereocenters. The van der Waals surface area contributed by atoms with E-state index < -0.39 is 0 Å². The lowest BCUT2D eigenvalue weighted by atomic mass is 10.0. The van der Waals surface area contributed by atoms with Crippen LogP contribution in [0.2, 0.25) is 0 Å². The number of carbonyl (C=O) groups excluding carboxylic acids is 2. The maximum Gasteiger partial charge on any atom is 0.224 e. The van der Waals surface area contributed by atoms with E-state index in [1.165, 1.54) is 5.56 Å². The Kier molecular flexibility index (Phi) is 6.37. The SMILES string of the molecule is Cc1nn(C2NC(=O)CC(C)N2)c(C)c1CCC(=O)Nc1ccc(C(C)C)cc1. The van der Waals surface area contributed by atoms with Crippen molar-refractivity contribution < 1.29 is 9.59 Å². The number of hydrogen-bond donors (Lipinski definition) is 3. The number of aromatic nitrogens is 2. The average molecular weight is 398 g/mol. The largest absolute Gasteiger partial charge is 0.326 e. The summed E-state index contributed by atoms with van der Waals surface area (Å²) >= 11 is 0. The van der Waals surface area contributed by atoms with Crippen molar-refractivity contribution in [2.45, 2.75) is 72.1 Å². The van der Waals surface area contributed by atoms with E-state index in [9.17, 15) is 9.59 Å². The highest BCUT2D eigenvalue weighted by Gasteiger charge is 2.26. The summed E-state index contributed by atoms with van der Waals surface area (Å²) < 4.78 is 1.81. The molecule has 0 aliphatic carbocycles. The maximum absolute atomic E-state index is 12.4. The van der Waals surface area contributed by atoms with Gasteiger partial charge in [-0.25, -0.2) is 4.68 Å². The Balaban J connectivity index is 1.62. The lowest BCUT2D eigenvalue weighted by molar-refractivity contribution is -0.125. The minimum Gasteiger partial charge on any atom is -0.326 e. The second-order valence-electron chi connectivity index (χ2n) is 8.16. The molecule has 7 heteroatoms. The van der Waals surface area contributed by atoms with Gasteiger partial charge in [-0.2, -0.15) is 5.10 Å². The van der Waals surface area contributed by atoms with E-state index >= 15 is 0 Å². The number of aryl methyl sites for hydroxylation is 1. The maximum atomic E-state index is 12.4. The van der Waals surface area contributed by atoms with E-state index in [4.69, 9.17) is 0 Å². The molecular weight excluding hydrogens is 366 g/mol. The summed E-state index contributed by atoms with van der Waals surface area (Å²) in [6.45, 7) is 10.2. The van der Waals surface area contributed by atoms with Crippen LogP contribution >= 0.6 is 0 Å². The van der Waals surface area contributed by atoms with Gasteiger partial charge in [0.15, 0.2) is 6.29 Å². The van der Waals surface area contributed by atoms with Gasteiger partial charge >= 0.3 is 0 Å². The first kappa shape index (κ1) is 21.0. The Morgan fingerprint density at radius 1 is 1.28 bits per heavy atom. The number of hydrogen-bond acceptors (Lipinski definition) is 4. The Labute approximate surface area is 172 Å². The monoisotopic (exact) mass is 397 g/mol. The molecule has 29 heavy (non-hydrogen) atoms. The minimum atomic E-state index is -0.355. The Morgan fingerprint density at radius 2 is 1.97 bits per heavy atom. The fourth-order valence-corrected chi connectivity index (χ4v) is 3.71. The molecule has 1 fully saturated rings. The molecule has 2 aromatic rings. The van der Waals surface area contributed by atoms with Gasteiger partial charge in [0.2, 0.25) is 11.8 Å². The van der Waals surface area contributed by atoms with Gasteiger partial charge in [-0.05, 0) is 56.4 Å². The molecule has 1 aromatic carbocycles. The molecule has 2 unspecified atom stereocenters. The molecule has 1 aliphatic rings. The van der Waals surface area contributed by atoms with E-state index in [1.807, 2.05) is 45.0 Å². The van der Waals surface area contributed by atoms with Gasteiger partial charge in [0.25, 0.3) is 0 Å². The number of benzene rings is 1. The predicted octanol–water partition coefficient (Wildman–Crippen LogP) is 3.15. The summed E-state index contributed by atoms with van der Waals surface area (Å²) in [5, 5.41) is 13.8. The van der Waals surface area contributed by atoms with Gasteiger partial charge in [0, 0.05) is 30.3 Å². The first-order valence-electron chi connectivity index (χ1n) is 10.2. The zero-order valence-electron chi connectivity index (χ0n) is 17.9. The van der Waals surface area contributed by atoms with Crippen molar-refractivity contribution in [2.75, 3.05) is 5.32 Å². The van der Waals surface area contributed by atoms with Gasteiger partial charge in [-0.15, -0.1) is 0 Å².